The average molecular weight is 212 g/mol. The molecule has 0 aromatic carbocycles. The van der Waals surface area contributed by atoms with E-state index in [4.69, 9.17) is 4.74 Å². The molecule has 2 rings (SSSR count). The molecule has 2 atom stereocenters. The van der Waals surface area contributed by atoms with Crippen LogP contribution in [0.4, 0.5) is 0 Å². The Morgan fingerprint density at radius 3 is 3.13 bits per heavy atom. The topological polar surface area (TPSA) is 41.6 Å². The van der Waals surface area contributed by atoms with E-state index in [1.54, 1.807) is 0 Å². The van der Waals surface area contributed by atoms with E-state index in [0.717, 1.165) is 32.4 Å². The third-order valence-electron chi connectivity index (χ3n) is 3.34. The molecule has 0 bridgehead atoms. The molecule has 2 aliphatic heterocycles. The van der Waals surface area contributed by atoms with E-state index in [2.05, 4.69) is 12.2 Å². The largest absolute Gasteiger partial charge is 0.377 e. The number of carbonyl (C=O) groups excluding carboxylic acids is 1. The van der Waals surface area contributed by atoms with Crippen LogP contribution < -0.4 is 5.32 Å². The van der Waals surface area contributed by atoms with Crippen LogP contribution in [0.25, 0.3) is 0 Å². The van der Waals surface area contributed by atoms with Crippen LogP contribution >= 0.6 is 0 Å². The molecule has 0 aliphatic carbocycles. The summed E-state index contributed by atoms with van der Waals surface area (Å²) in [6.45, 7) is 5.25. The van der Waals surface area contributed by atoms with Crippen LogP contribution in [-0.2, 0) is 9.53 Å². The molecule has 0 saturated carbocycles. The first-order valence-electron chi connectivity index (χ1n) is 5.94. The number of morpholine rings is 1. The van der Waals surface area contributed by atoms with E-state index in [9.17, 15) is 4.79 Å². The highest BCUT2D eigenvalue weighted by Gasteiger charge is 2.32. The Bertz CT molecular complexity index is 227. The molecule has 0 aromatic heterocycles. The third-order valence-corrected chi connectivity index (χ3v) is 3.34. The highest BCUT2D eigenvalue weighted by molar-refractivity contribution is 5.82. The molecule has 0 aromatic rings. The van der Waals surface area contributed by atoms with E-state index in [1.165, 1.54) is 0 Å². The maximum Gasteiger partial charge on any atom is 0.240 e. The summed E-state index contributed by atoms with van der Waals surface area (Å²) in [6, 6.07) is 0.353. The fourth-order valence-electron chi connectivity index (χ4n) is 2.38. The molecule has 1 unspecified atom stereocenters. The lowest BCUT2D eigenvalue weighted by Crippen LogP contribution is -2.53. The van der Waals surface area contributed by atoms with Crippen molar-refractivity contribution in [3.63, 3.8) is 0 Å². The normalized spacial score (nSPS) is 31.9. The molecule has 0 spiro atoms. The minimum atomic E-state index is 0.0668. The second-order valence-electron chi connectivity index (χ2n) is 4.32. The van der Waals surface area contributed by atoms with Crippen molar-refractivity contribution < 1.29 is 9.53 Å². The Balaban J connectivity index is 1.96. The van der Waals surface area contributed by atoms with Gasteiger partial charge in [-0.1, -0.05) is 6.92 Å². The van der Waals surface area contributed by atoms with Gasteiger partial charge in [0.1, 0.15) is 0 Å². The molecular formula is C11H20N2O2. The van der Waals surface area contributed by atoms with Crippen molar-refractivity contribution in [2.24, 2.45) is 0 Å². The number of carbonyl (C=O) groups is 1. The standard InChI is InChI=1S/C11H20N2O2/c1-2-9-8-15-7-6-13(9)11(14)10-4-3-5-12-10/h9-10,12H,2-8H2,1H3/t9?,10-/m1/s1. The number of ether oxygens (including phenoxy) is 1. The number of hydrogen-bond acceptors (Lipinski definition) is 3. The maximum absolute atomic E-state index is 12.2. The molecule has 86 valence electrons. The molecule has 1 N–H and O–H groups in total. The molecule has 4 heteroatoms. The maximum atomic E-state index is 12.2. The van der Waals surface area contributed by atoms with E-state index in [-0.39, 0.29) is 18.0 Å². The van der Waals surface area contributed by atoms with E-state index >= 15 is 0 Å². The van der Waals surface area contributed by atoms with Crippen LogP contribution in [0.3, 0.4) is 0 Å². The fraction of sp³-hybridized carbons (Fsp3) is 0.909. The second kappa shape index (κ2) is 4.94. The first-order chi connectivity index (χ1) is 7.33. The summed E-state index contributed by atoms with van der Waals surface area (Å²) >= 11 is 0. The van der Waals surface area contributed by atoms with Crippen molar-refractivity contribution in [3.8, 4) is 0 Å². The fourth-order valence-corrected chi connectivity index (χ4v) is 2.38. The first kappa shape index (κ1) is 10.9. The zero-order valence-electron chi connectivity index (χ0n) is 9.37. The molecular weight excluding hydrogens is 192 g/mol. The van der Waals surface area contributed by atoms with Crippen LogP contribution in [0.15, 0.2) is 0 Å². The van der Waals surface area contributed by atoms with Crippen molar-refractivity contribution in [2.75, 3.05) is 26.3 Å². The van der Waals surface area contributed by atoms with Gasteiger partial charge in [-0.2, -0.15) is 0 Å². The summed E-state index contributed by atoms with van der Waals surface area (Å²) in [6.07, 6.45) is 3.10. The lowest BCUT2D eigenvalue weighted by atomic mass is 10.1. The van der Waals surface area contributed by atoms with Gasteiger partial charge in [0.05, 0.1) is 25.3 Å². The summed E-state index contributed by atoms with van der Waals surface area (Å²) < 4.78 is 5.40. The van der Waals surface area contributed by atoms with E-state index < -0.39 is 0 Å². The van der Waals surface area contributed by atoms with Crippen LogP contribution in [-0.4, -0.2) is 49.2 Å². The van der Waals surface area contributed by atoms with Gasteiger partial charge in [0.2, 0.25) is 5.91 Å². The van der Waals surface area contributed by atoms with Gasteiger partial charge in [0, 0.05) is 6.54 Å². The second-order valence-corrected chi connectivity index (χ2v) is 4.32. The van der Waals surface area contributed by atoms with E-state index in [0.29, 0.717) is 13.2 Å². The van der Waals surface area contributed by atoms with Crippen molar-refractivity contribution in [1.82, 2.24) is 10.2 Å². The number of nitrogens with one attached hydrogen (secondary N) is 1. The summed E-state index contributed by atoms with van der Waals surface area (Å²) in [5.41, 5.74) is 0. The van der Waals surface area contributed by atoms with Gasteiger partial charge in [-0.25, -0.2) is 0 Å². The minimum Gasteiger partial charge on any atom is -0.377 e. The summed E-state index contributed by atoms with van der Waals surface area (Å²) in [5.74, 6) is 0.280. The van der Waals surface area contributed by atoms with Crippen molar-refractivity contribution in [3.05, 3.63) is 0 Å². The summed E-state index contributed by atoms with van der Waals surface area (Å²) in [4.78, 5) is 14.2. The van der Waals surface area contributed by atoms with Crippen molar-refractivity contribution in [1.29, 1.82) is 0 Å². The predicted molar refractivity (Wildman–Crippen MR) is 57.6 cm³/mol. The smallest absolute Gasteiger partial charge is 0.240 e. The molecule has 2 aliphatic rings. The highest BCUT2D eigenvalue weighted by atomic mass is 16.5. The van der Waals surface area contributed by atoms with Crippen molar-refractivity contribution >= 4 is 5.91 Å². The monoisotopic (exact) mass is 212 g/mol. The molecule has 2 fully saturated rings. The lowest BCUT2D eigenvalue weighted by molar-refractivity contribution is -0.141. The Morgan fingerprint density at radius 2 is 2.47 bits per heavy atom. The van der Waals surface area contributed by atoms with Gasteiger partial charge >= 0.3 is 0 Å². The number of hydrogen-bond donors (Lipinski definition) is 1. The van der Waals surface area contributed by atoms with Gasteiger partial charge < -0.3 is 15.0 Å². The van der Waals surface area contributed by atoms with Crippen LogP contribution in [0.1, 0.15) is 26.2 Å². The molecule has 0 radical (unpaired) electrons. The SMILES string of the molecule is CCC1COCCN1C(=O)[C@H]1CCCN1. The number of nitrogens with zero attached hydrogens (tertiary/aromatic N) is 1. The summed E-state index contributed by atoms with van der Waals surface area (Å²) in [7, 11) is 0. The molecule has 4 nitrogen and oxygen atoms in total. The van der Waals surface area contributed by atoms with Crippen LogP contribution in [0.2, 0.25) is 0 Å². The summed E-state index contributed by atoms with van der Waals surface area (Å²) in [5, 5.41) is 3.27. The molecule has 2 heterocycles. The van der Waals surface area contributed by atoms with Gasteiger partial charge in [-0.05, 0) is 25.8 Å². The quantitative estimate of drug-likeness (QED) is 0.719. The number of amides is 1. The molecule has 15 heavy (non-hydrogen) atoms. The zero-order valence-corrected chi connectivity index (χ0v) is 9.37. The Labute approximate surface area is 91.0 Å². The predicted octanol–water partition coefficient (Wildman–Crippen LogP) is 0.376. The molecule has 1 amide bonds. The van der Waals surface area contributed by atoms with Gasteiger partial charge in [-0.3, -0.25) is 4.79 Å². The average Bonchev–Trinajstić information content (AvgIpc) is 2.81. The van der Waals surface area contributed by atoms with Crippen LogP contribution in [0.5, 0.6) is 0 Å². The lowest BCUT2D eigenvalue weighted by Gasteiger charge is -2.36. The molecule has 2 saturated heterocycles. The van der Waals surface area contributed by atoms with Crippen molar-refractivity contribution in [2.45, 2.75) is 38.3 Å². The van der Waals surface area contributed by atoms with Gasteiger partial charge in [0.25, 0.3) is 0 Å². The first-order valence-corrected chi connectivity index (χ1v) is 5.94. The van der Waals surface area contributed by atoms with Gasteiger partial charge in [0.15, 0.2) is 0 Å². The van der Waals surface area contributed by atoms with E-state index in [1.807, 2.05) is 4.90 Å². The Kier molecular flexibility index (Phi) is 3.59. The Hall–Kier alpha value is -0.610. The third kappa shape index (κ3) is 2.32. The Morgan fingerprint density at radius 1 is 1.60 bits per heavy atom. The van der Waals surface area contributed by atoms with Gasteiger partial charge in [-0.15, -0.1) is 0 Å². The highest BCUT2D eigenvalue weighted by Crippen LogP contribution is 2.15. The number of rotatable bonds is 2. The minimum absolute atomic E-state index is 0.0668. The zero-order chi connectivity index (χ0) is 10.7. The van der Waals surface area contributed by atoms with Crippen LogP contribution in [0, 0.1) is 0 Å².